The molecule has 26 heavy (non-hydrogen) atoms. The molecule has 2 aromatic rings. The number of fused-ring (bicyclic) bond motifs is 1. The standard InChI is InChI=1S/C19H27N3O3S/c1-11-15-12(2)20-13(3)21-17(15)26-16(11)18(24)22(7)10-8-9-14(23)25-19(4,5)6/h8-10H2,1-7H3. The predicted octanol–water partition coefficient (Wildman–Crippen LogP) is 3.81. The van der Waals surface area contributed by atoms with E-state index in [0.29, 0.717) is 30.1 Å². The molecule has 0 unspecified atom stereocenters. The first-order chi connectivity index (χ1) is 12.0. The molecule has 0 fully saturated rings. The molecule has 7 heteroatoms. The molecule has 0 aliphatic heterocycles. The molecule has 0 saturated carbocycles. The zero-order chi connectivity index (χ0) is 19.6. The molecule has 2 rings (SSSR count). The molecule has 0 aliphatic rings. The summed E-state index contributed by atoms with van der Waals surface area (Å²) in [5.74, 6) is 0.422. The van der Waals surface area contributed by atoms with E-state index in [1.165, 1.54) is 11.3 Å². The van der Waals surface area contributed by atoms with Crippen molar-refractivity contribution in [3.05, 3.63) is 22.0 Å². The summed E-state index contributed by atoms with van der Waals surface area (Å²) >= 11 is 1.40. The van der Waals surface area contributed by atoms with Gasteiger partial charge in [-0.15, -0.1) is 11.3 Å². The summed E-state index contributed by atoms with van der Waals surface area (Å²) in [5.41, 5.74) is 1.34. The Balaban J connectivity index is 2.05. The van der Waals surface area contributed by atoms with Gasteiger partial charge in [0.05, 0.1) is 4.88 Å². The van der Waals surface area contributed by atoms with Crippen LogP contribution in [-0.2, 0) is 9.53 Å². The number of carbonyl (C=O) groups is 2. The lowest BCUT2D eigenvalue weighted by Gasteiger charge is -2.20. The second-order valence-corrected chi connectivity index (χ2v) is 8.51. The molecule has 1 amide bonds. The van der Waals surface area contributed by atoms with Gasteiger partial charge in [-0.2, -0.15) is 0 Å². The molecule has 2 aromatic heterocycles. The third-order valence-electron chi connectivity index (χ3n) is 3.92. The Kier molecular flexibility index (Phi) is 6.01. The highest BCUT2D eigenvalue weighted by molar-refractivity contribution is 7.20. The monoisotopic (exact) mass is 377 g/mol. The normalized spacial score (nSPS) is 11.7. The fraction of sp³-hybridized carbons (Fsp3) is 0.579. The average molecular weight is 378 g/mol. The number of carbonyl (C=O) groups excluding carboxylic acids is 2. The van der Waals surface area contributed by atoms with Crippen LogP contribution in [0.1, 0.15) is 60.4 Å². The minimum absolute atomic E-state index is 0.0493. The van der Waals surface area contributed by atoms with Crippen LogP contribution in [0.15, 0.2) is 0 Å². The number of hydrogen-bond acceptors (Lipinski definition) is 6. The smallest absolute Gasteiger partial charge is 0.306 e. The highest BCUT2D eigenvalue weighted by Crippen LogP contribution is 2.31. The number of hydrogen-bond donors (Lipinski definition) is 0. The van der Waals surface area contributed by atoms with Gasteiger partial charge in [-0.3, -0.25) is 9.59 Å². The van der Waals surface area contributed by atoms with E-state index < -0.39 is 5.60 Å². The molecule has 0 saturated heterocycles. The maximum Gasteiger partial charge on any atom is 0.306 e. The molecular formula is C19H27N3O3S. The second-order valence-electron chi connectivity index (χ2n) is 7.51. The first kappa shape index (κ1) is 20.3. The number of ether oxygens (including phenoxy) is 1. The quantitative estimate of drug-likeness (QED) is 0.741. The zero-order valence-corrected chi connectivity index (χ0v) is 17.4. The molecule has 0 bridgehead atoms. The Morgan fingerprint density at radius 2 is 1.81 bits per heavy atom. The minimum atomic E-state index is -0.482. The van der Waals surface area contributed by atoms with E-state index in [9.17, 15) is 9.59 Å². The number of aromatic nitrogens is 2. The molecule has 6 nitrogen and oxygen atoms in total. The van der Waals surface area contributed by atoms with E-state index in [0.717, 1.165) is 21.5 Å². The molecule has 2 heterocycles. The highest BCUT2D eigenvalue weighted by Gasteiger charge is 2.22. The van der Waals surface area contributed by atoms with Crippen molar-refractivity contribution in [2.75, 3.05) is 13.6 Å². The maximum absolute atomic E-state index is 12.8. The number of aryl methyl sites for hydroxylation is 3. The number of esters is 1. The van der Waals surface area contributed by atoms with Crippen LogP contribution < -0.4 is 0 Å². The Morgan fingerprint density at radius 3 is 2.42 bits per heavy atom. The van der Waals surface area contributed by atoms with Crippen LogP contribution in [0.3, 0.4) is 0 Å². The Labute approximate surface area is 158 Å². The zero-order valence-electron chi connectivity index (χ0n) is 16.6. The summed E-state index contributed by atoms with van der Waals surface area (Å²) < 4.78 is 5.29. The van der Waals surface area contributed by atoms with Crippen LogP contribution in [0.5, 0.6) is 0 Å². The molecule has 0 aromatic carbocycles. The number of rotatable bonds is 5. The fourth-order valence-electron chi connectivity index (χ4n) is 2.81. The second kappa shape index (κ2) is 7.70. The van der Waals surface area contributed by atoms with Crippen LogP contribution in [0.4, 0.5) is 0 Å². The van der Waals surface area contributed by atoms with Gasteiger partial charge in [0.2, 0.25) is 0 Å². The number of nitrogens with zero attached hydrogens (tertiary/aromatic N) is 3. The lowest BCUT2D eigenvalue weighted by atomic mass is 10.1. The summed E-state index contributed by atoms with van der Waals surface area (Å²) in [4.78, 5) is 36.6. The van der Waals surface area contributed by atoms with E-state index in [4.69, 9.17) is 4.74 Å². The van der Waals surface area contributed by atoms with Crippen molar-refractivity contribution in [2.45, 2.75) is 60.0 Å². The van der Waals surface area contributed by atoms with Crippen molar-refractivity contribution in [3.8, 4) is 0 Å². The van der Waals surface area contributed by atoms with Gasteiger partial charge in [0.15, 0.2) is 0 Å². The fourth-order valence-corrected chi connectivity index (χ4v) is 4.08. The summed E-state index contributed by atoms with van der Waals surface area (Å²) in [6, 6.07) is 0. The summed E-state index contributed by atoms with van der Waals surface area (Å²) in [6.07, 6.45) is 0.864. The van der Waals surface area contributed by atoms with Crippen LogP contribution in [0, 0.1) is 20.8 Å². The van der Waals surface area contributed by atoms with Crippen LogP contribution >= 0.6 is 11.3 Å². The van der Waals surface area contributed by atoms with E-state index in [-0.39, 0.29) is 11.9 Å². The van der Waals surface area contributed by atoms with Gasteiger partial charge in [0, 0.05) is 31.1 Å². The highest BCUT2D eigenvalue weighted by atomic mass is 32.1. The third kappa shape index (κ3) is 4.78. The molecule has 0 aliphatic carbocycles. The molecule has 142 valence electrons. The lowest BCUT2D eigenvalue weighted by Crippen LogP contribution is -2.29. The van der Waals surface area contributed by atoms with Crippen LogP contribution in [0.2, 0.25) is 0 Å². The average Bonchev–Trinajstić information content (AvgIpc) is 2.81. The van der Waals surface area contributed by atoms with Crippen molar-refractivity contribution in [2.24, 2.45) is 0 Å². The first-order valence-electron chi connectivity index (χ1n) is 8.71. The van der Waals surface area contributed by atoms with E-state index in [1.54, 1.807) is 11.9 Å². The summed E-state index contributed by atoms with van der Waals surface area (Å²) in [5, 5.41) is 0.964. The largest absolute Gasteiger partial charge is 0.460 e. The van der Waals surface area contributed by atoms with Gasteiger partial charge in [-0.25, -0.2) is 9.97 Å². The maximum atomic E-state index is 12.8. The van der Waals surface area contributed by atoms with Gasteiger partial charge in [-0.1, -0.05) is 0 Å². The Bertz CT molecular complexity index is 837. The molecule has 0 spiro atoms. The molecule has 0 radical (unpaired) electrons. The van der Waals surface area contributed by atoms with Crippen molar-refractivity contribution in [3.63, 3.8) is 0 Å². The van der Waals surface area contributed by atoms with Gasteiger partial charge in [0.25, 0.3) is 5.91 Å². The number of amides is 1. The Hall–Kier alpha value is -2.02. The van der Waals surface area contributed by atoms with Crippen molar-refractivity contribution in [1.82, 2.24) is 14.9 Å². The summed E-state index contributed by atoms with van der Waals surface area (Å²) in [7, 11) is 1.75. The van der Waals surface area contributed by atoms with Crippen molar-refractivity contribution < 1.29 is 14.3 Å². The van der Waals surface area contributed by atoms with Crippen molar-refractivity contribution in [1.29, 1.82) is 0 Å². The lowest BCUT2D eigenvalue weighted by molar-refractivity contribution is -0.154. The molecule has 0 N–H and O–H groups in total. The Morgan fingerprint density at radius 1 is 1.15 bits per heavy atom. The van der Waals surface area contributed by atoms with E-state index in [1.807, 2.05) is 41.5 Å². The van der Waals surface area contributed by atoms with Gasteiger partial charge in [-0.05, 0) is 53.5 Å². The van der Waals surface area contributed by atoms with Crippen LogP contribution in [0.25, 0.3) is 10.2 Å². The topological polar surface area (TPSA) is 72.4 Å². The SMILES string of the molecule is Cc1nc(C)c2c(C)c(C(=O)N(C)CCCC(=O)OC(C)(C)C)sc2n1. The van der Waals surface area contributed by atoms with Gasteiger partial charge in [0.1, 0.15) is 16.3 Å². The molecular weight excluding hydrogens is 350 g/mol. The minimum Gasteiger partial charge on any atom is -0.460 e. The first-order valence-corrected chi connectivity index (χ1v) is 9.53. The van der Waals surface area contributed by atoms with Gasteiger partial charge < -0.3 is 9.64 Å². The number of thiophene rings is 1. The van der Waals surface area contributed by atoms with E-state index in [2.05, 4.69) is 9.97 Å². The third-order valence-corrected chi connectivity index (χ3v) is 5.09. The predicted molar refractivity (Wildman–Crippen MR) is 104 cm³/mol. The van der Waals surface area contributed by atoms with Gasteiger partial charge >= 0.3 is 5.97 Å². The van der Waals surface area contributed by atoms with E-state index >= 15 is 0 Å². The van der Waals surface area contributed by atoms with Crippen molar-refractivity contribution >= 4 is 33.4 Å². The molecule has 0 atom stereocenters. The van der Waals surface area contributed by atoms with Crippen LogP contribution in [-0.4, -0.2) is 45.9 Å². The summed E-state index contributed by atoms with van der Waals surface area (Å²) in [6.45, 7) is 11.8.